The molecule has 2 heterocycles. The lowest BCUT2D eigenvalue weighted by molar-refractivity contribution is -0.141. The Labute approximate surface area is 113 Å². The number of alkyl halides is 3. The second kappa shape index (κ2) is 4.43. The number of aliphatic hydroxyl groups is 1. The summed E-state index contributed by atoms with van der Waals surface area (Å²) in [5.41, 5.74) is -2.88. The van der Waals surface area contributed by atoms with Gasteiger partial charge >= 0.3 is 6.18 Å². The van der Waals surface area contributed by atoms with E-state index in [0.717, 1.165) is 25.0 Å². The van der Waals surface area contributed by atoms with Crippen LogP contribution in [0.25, 0.3) is 0 Å². The Kier molecular flexibility index (Phi) is 3.06. The SMILES string of the molecule is OC1(c2cc(F)ccc2C(F)(F)F)CC2CCC(C1)N2. The topological polar surface area (TPSA) is 32.3 Å². The van der Waals surface area contributed by atoms with E-state index in [1.54, 1.807) is 0 Å². The first kappa shape index (κ1) is 13.8. The van der Waals surface area contributed by atoms with E-state index >= 15 is 0 Å². The molecule has 0 aromatic heterocycles. The molecule has 2 saturated heterocycles. The fourth-order valence-electron chi connectivity index (χ4n) is 3.49. The molecule has 2 aliphatic rings. The van der Waals surface area contributed by atoms with Crippen LogP contribution in [0.4, 0.5) is 17.6 Å². The molecular weight excluding hydrogens is 274 g/mol. The van der Waals surface area contributed by atoms with Crippen molar-refractivity contribution in [3.8, 4) is 0 Å². The van der Waals surface area contributed by atoms with E-state index in [0.29, 0.717) is 6.07 Å². The van der Waals surface area contributed by atoms with Crippen molar-refractivity contribution >= 4 is 0 Å². The summed E-state index contributed by atoms with van der Waals surface area (Å²) in [4.78, 5) is 0. The van der Waals surface area contributed by atoms with E-state index in [4.69, 9.17) is 0 Å². The summed E-state index contributed by atoms with van der Waals surface area (Å²) in [7, 11) is 0. The van der Waals surface area contributed by atoms with Gasteiger partial charge in [0.25, 0.3) is 0 Å². The zero-order valence-electron chi connectivity index (χ0n) is 10.7. The predicted molar refractivity (Wildman–Crippen MR) is 64.5 cm³/mol. The average Bonchev–Trinajstić information content (AvgIpc) is 2.67. The van der Waals surface area contributed by atoms with E-state index < -0.39 is 23.2 Å². The molecule has 0 amide bonds. The van der Waals surface area contributed by atoms with Crippen LogP contribution in [0.2, 0.25) is 0 Å². The fraction of sp³-hybridized carbons (Fsp3) is 0.571. The van der Waals surface area contributed by atoms with Crippen molar-refractivity contribution in [1.29, 1.82) is 0 Å². The normalized spacial score (nSPS) is 33.5. The van der Waals surface area contributed by atoms with Gasteiger partial charge in [0.05, 0.1) is 11.2 Å². The van der Waals surface area contributed by atoms with Gasteiger partial charge in [-0.25, -0.2) is 4.39 Å². The predicted octanol–water partition coefficient (Wildman–Crippen LogP) is 2.95. The monoisotopic (exact) mass is 289 g/mol. The number of benzene rings is 1. The maximum absolute atomic E-state index is 13.4. The van der Waals surface area contributed by atoms with Gasteiger partial charge in [-0.05, 0) is 49.4 Å². The molecular formula is C14H15F4NO. The summed E-state index contributed by atoms with van der Waals surface area (Å²) >= 11 is 0. The van der Waals surface area contributed by atoms with Crippen LogP contribution in [-0.4, -0.2) is 17.2 Å². The van der Waals surface area contributed by atoms with Crippen molar-refractivity contribution in [2.45, 2.75) is 49.5 Å². The Balaban J connectivity index is 2.06. The lowest BCUT2D eigenvalue weighted by atomic mass is 9.79. The lowest BCUT2D eigenvalue weighted by Gasteiger charge is -2.38. The van der Waals surface area contributed by atoms with E-state index in [9.17, 15) is 22.7 Å². The molecule has 20 heavy (non-hydrogen) atoms. The Bertz CT molecular complexity index is 516. The zero-order chi connectivity index (χ0) is 14.5. The van der Waals surface area contributed by atoms with Crippen LogP contribution >= 0.6 is 0 Å². The molecule has 0 saturated carbocycles. The van der Waals surface area contributed by atoms with Crippen LogP contribution in [-0.2, 0) is 11.8 Å². The fourth-order valence-corrected chi connectivity index (χ4v) is 3.49. The Hall–Kier alpha value is -1.14. The van der Waals surface area contributed by atoms with Crippen molar-refractivity contribution < 1.29 is 22.7 Å². The van der Waals surface area contributed by atoms with Gasteiger partial charge in [-0.3, -0.25) is 0 Å². The molecule has 0 spiro atoms. The van der Waals surface area contributed by atoms with Crippen LogP contribution in [0, 0.1) is 5.82 Å². The van der Waals surface area contributed by atoms with Crippen LogP contribution in [0.1, 0.15) is 36.8 Å². The van der Waals surface area contributed by atoms with Gasteiger partial charge < -0.3 is 10.4 Å². The largest absolute Gasteiger partial charge is 0.416 e. The summed E-state index contributed by atoms with van der Waals surface area (Å²) in [5.74, 6) is -0.757. The molecule has 0 radical (unpaired) electrons. The van der Waals surface area contributed by atoms with Crippen LogP contribution in [0.5, 0.6) is 0 Å². The number of fused-ring (bicyclic) bond motifs is 2. The van der Waals surface area contributed by atoms with Gasteiger partial charge in [-0.15, -0.1) is 0 Å². The summed E-state index contributed by atoms with van der Waals surface area (Å²) in [6, 6.07) is 2.33. The third-order valence-corrected chi connectivity index (χ3v) is 4.29. The van der Waals surface area contributed by atoms with Crippen molar-refractivity contribution in [3.05, 3.63) is 35.1 Å². The molecule has 2 aliphatic heterocycles. The molecule has 110 valence electrons. The van der Waals surface area contributed by atoms with Gasteiger partial charge in [0.15, 0.2) is 0 Å². The van der Waals surface area contributed by atoms with Gasteiger partial charge in [0.1, 0.15) is 5.82 Å². The van der Waals surface area contributed by atoms with Crippen molar-refractivity contribution in [1.82, 2.24) is 5.32 Å². The molecule has 3 rings (SSSR count). The Morgan fingerprint density at radius 1 is 1.15 bits per heavy atom. The van der Waals surface area contributed by atoms with Gasteiger partial charge in [-0.2, -0.15) is 13.2 Å². The first-order valence-corrected chi connectivity index (χ1v) is 6.64. The second-order valence-electron chi connectivity index (χ2n) is 5.77. The summed E-state index contributed by atoms with van der Waals surface area (Å²) < 4.78 is 52.6. The second-order valence-corrected chi connectivity index (χ2v) is 5.77. The summed E-state index contributed by atoms with van der Waals surface area (Å²) in [5, 5.41) is 13.9. The molecule has 6 heteroatoms. The van der Waals surface area contributed by atoms with Gasteiger partial charge in [0.2, 0.25) is 0 Å². The minimum atomic E-state index is -4.59. The van der Waals surface area contributed by atoms with Crippen LogP contribution in [0.15, 0.2) is 18.2 Å². The quantitative estimate of drug-likeness (QED) is 0.779. The highest BCUT2D eigenvalue weighted by atomic mass is 19.4. The van der Waals surface area contributed by atoms with Crippen LogP contribution in [0.3, 0.4) is 0 Å². The maximum atomic E-state index is 13.4. The summed E-state index contributed by atoms with van der Waals surface area (Å²) in [6.07, 6.45) is -2.54. The minimum Gasteiger partial charge on any atom is -0.385 e. The molecule has 2 nitrogen and oxygen atoms in total. The first-order valence-electron chi connectivity index (χ1n) is 6.64. The average molecular weight is 289 g/mol. The van der Waals surface area contributed by atoms with Gasteiger partial charge in [-0.1, -0.05) is 0 Å². The number of hydrogen-bond acceptors (Lipinski definition) is 2. The minimum absolute atomic E-state index is 0.00287. The third-order valence-electron chi connectivity index (χ3n) is 4.29. The number of rotatable bonds is 1. The Morgan fingerprint density at radius 3 is 2.30 bits per heavy atom. The lowest BCUT2D eigenvalue weighted by Crippen LogP contribution is -2.47. The molecule has 1 aromatic rings. The van der Waals surface area contributed by atoms with Gasteiger partial charge in [0, 0.05) is 12.1 Å². The zero-order valence-corrected chi connectivity index (χ0v) is 10.7. The maximum Gasteiger partial charge on any atom is 0.416 e. The van der Waals surface area contributed by atoms with E-state index in [2.05, 4.69) is 5.32 Å². The highest BCUT2D eigenvalue weighted by Gasteiger charge is 2.47. The van der Waals surface area contributed by atoms with Crippen molar-refractivity contribution in [2.24, 2.45) is 0 Å². The first-order chi connectivity index (χ1) is 9.28. The standard InChI is InChI=1S/C14H15F4NO/c15-8-1-4-11(14(16,17)18)12(5-8)13(20)6-9-2-3-10(7-13)19-9/h1,4-5,9-10,19-20H,2-3,6-7H2. The van der Waals surface area contributed by atoms with Crippen molar-refractivity contribution in [2.75, 3.05) is 0 Å². The van der Waals surface area contributed by atoms with E-state index in [1.807, 2.05) is 0 Å². The number of nitrogens with one attached hydrogen (secondary N) is 1. The van der Waals surface area contributed by atoms with Crippen molar-refractivity contribution in [3.63, 3.8) is 0 Å². The molecule has 2 bridgehead atoms. The van der Waals surface area contributed by atoms with E-state index in [-0.39, 0.29) is 30.5 Å². The Morgan fingerprint density at radius 2 is 1.75 bits per heavy atom. The van der Waals surface area contributed by atoms with E-state index in [1.165, 1.54) is 0 Å². The molecule has 2 N–H and O–H groups in total. The number of piperidine rings is 1. The summed E-state index contributed by atoms with van der Waals surface area (Å²) in [6.45, 7) is 0. The molecule has 2 unspecified atom stereocenters. The molecule has 2 atom stereocenters. The molecule has 2 fully saturated rings. The highest BCUT2D eigenvalue weighted by Crippen LogP contribution is 2.45. The number of hydrogen-bond donors (Lipinski definition) is 2. The van der Waals surface area contributed by atoms with Crippen LogP contribution < -0.4 is 5.32 Å². The smallest absolute Gasteiger partial charge is 0.385 e. The third kappa shape index (κ3) is 2.31. The highest BCUT2D eigenvalue weighted by molar-refractivity contribution is 5.36. The molecule has 0 aliphatic carbocycles. The number of halogens is 4. The molecule has 1 aromatic carbocycles.